The predicted octanol–water partition coefficient (Wildman–Crippen LogP) is 1.84. The molecule has 0 aliphatic carbocycles. The normalized spacial score (nSPS) is 13.2. The van der Waals surface area contributed by atoms with Crippen LogP contribution in [-0.4, -0.2) is 25.5 Å². The Balaban J connectivity index is 2.66. The van der Waals surface area contributed by atoms with Crippen LogP contribution < -0.4 is 5.73 Å². The molecule has 1 rings (SSSR count). The van der Waals surface area contributed by atoms with Crippen molar-refractivity contribution in [1.82, 2.24) is 4.90 Å². The SMILES string of the molecule is CN(C)CC(F)c1ccc(N)cc1. The molecule has 0 amide bonds. The van der Waals surface area contributed by atoms with E-state index in [-0.39, 0.29) is 0 Å². The first-order chi connectivity index (χ1) is 6.09. The fraction of sp³-hybridized carbons (Fsp3) is 0.400. The number of anilines is 1. The highest BCUT2D eigenvalue weighted by Crippen LogP contribution is 2.18. The maximum atomic E-state index is 13.4. The molecule has 0 fully saturated rings. The van der Waals surface area contributed by atoms with Crippen LogP contribution in [0.25, 0.3) is 0 Å². The molecule has 13 heavy (non-hydrogen) atoms. The first-order valence-corrected chi connectivity index (χ1v) is 4.24. The smallest absolute Gasteiger partial charge is 0.138 e. The van der Waals surface area contributed by atoms with E-state index in [1.807, 2.05) is 19.0 Å². The molecule has 0 saturated carbocycles. The van der Waals surface area contributed by atoms with Crippen LogP contribution in [0.5, 0.6) is 0 Å². The molecule has 1 aromatic carbocycles. The molecule has 1 aromatic rings. The molecule has 2 nitrogen and oxygen atoms in total. The van der Waals surface area contributed by atoms with Gasteiger partial charge < -0.3 is 10.6 Å². The molecule has 3 heteroatoms. The van der Waals surface area contributed by atoms with Crippen LogP contribution >= 0.6 is 0 Å². The van der Waals surface area contributed by atoms with Gasteiger partial charge in [0, 0.05) is 12.2 Å². The van der Waals surface area contributed by atoms with Crippen LogP contribution in [0.3, 0.4) is 0 Å². The van der Waals surface area contributed by atoms with Gasteiger partial charge in [-0.2, -0.15) is 0 Å². The molecule has 0 spiro atoms. The molecule has 0 heterocycles. The molecule has 0 bridgehead atoms. The van der Waals surface area contributed by atoms with Crippen molar-refractivity contribution in [2.45, 2.75) is 6.17 Å². The maximum Gasteiger partial charge on any atom is 0.138 e. The minimum absolute atomic E-state index is 0.407. The van der Waals surface area contributed by atoms with Crippen LogP contribution in [0, 0.1) is 0 Å². The third-order valence-corrected chi connectivity index (χ3v) is 1.82. The standard InChI is InChI=1S/C10H15FN2/c1-13(2)7-10(11)8-3-5-9(12)6-4-8/h3-6,10H,7,12H2,1-2H3. The summed E-state index contributed by atoms with van der Waals surface area (Å²) in [6, 6.07) is 6.89. The average Bonchev–Trinajstić information content (AvgIpc) is 2.04. The maximum absolute atomic E-state index is 13.4. The summed E-state index contributed by atoms with van der Waals surface area (Å²) in [5.41, 5.74) is 6.85. The van der Waals surface area contributed by atoms with Gasteiger partial charge in [-0.1, -0.05) is 12.1 Å². The number of nitrogens with zero attached hydrogens (tertiary/aromatic N) is 1. The molecule has 0 aliphatic rings. The van der Waals surface area contributed by atoms with Crippen molar-refractivity contribution in [3.05, 3.63) is 29.8 Å². The van der Waals surface area contributed by atoms with Gasteiger partial charge in [0.05, 0.1) is 0 Å². The van der Waals surface area contributed by atoms with Crippen LogP contribution in [0.1, 0.15) is 11.7 Å². The fourth-order valence-electron chi connectivity index (χ4n) is 1.13. The molecule has 2 N–H and O–H groups in total. The number of nitrogen functional groups attached to an aromatic ring is 1. The van der Waals surface area contributed by atoms with Gasteiger partial charge in [-0.15, -0.1) is 0 Å². The molecule has 0 aliphatic heterocycles. The van der Waals surface area contributed by atoms with Crippen molar-refractivity contribution in [2.24, 2.45) is 0 Å². The van der Waals surface area contributed by atoms with Crippen molar-refractivity contribution in [3.8, 4) is 0 Å². The third-order valence-electron chi connectivity index (χ3n) is 1.82. The van der Waals surface area contributed by atoms with Crippen LogP contribution in [-0.2, 0) is 0 Å². The summed E-state index contributed by atoms with van der Waals surface area (Å²) in [6.45, 7) is 0.407. The lowest BCUT2D eigenvalue weighted by molar-refractivity contribution is 0.251. The van der Waals surface area contributed by atoms with Crippen molar-refractivity contribution in [1.29, 1.82) is 0 Å². The van der Waals surface area contributed by atoms with Crippen LogP contribution in [0.15, 0.2) is 24.3 Å². The van der Waals surface area contributed by atoms with E-state index in [1.54, 1.807) is 24.3 Å². The lowest BCUT2D eigenvalue weighted by Crippen LogP contribution is -2.17. The van der Waals surface area contributed by atoms with Crippen LogP contribution in [0.4, 0.5) is 10.1 Å². The van der Waals surface area contributed by atoms with Gasteiger partial charge in [-0.25, -0.2) is 4.39 Å². The van der Waals surface area contributed by atoms with Crippen molar-refractivity contribution in [3.63, 3.8) is 0 Å². The zero-order valence-electron chi connectivity index (χ0n) is 8.00. The Morgan fingerprint density at radius 3 is 2.31 bits per heavy atom. The molecular formula is C10H15FN2. The molecule has 1 atom stereocenters. The number of nitrogens with two attached hydrogens (primary N) is 1. The molecular weight excluding hydrogens is 167 g/mol. The lowest BCUT2D eigenvalue weighted by atomic mass is 10.1. The van der Waals surface area contributed by atoms with E-state index in [0.29, 0.717) is 17.8 Å². The average molecular weight is 182 g/mol. The Morgan fingerprint density at radius 2 is 1.85 bits per heavy atom. The molecule has 0 saturated heterocycles. The summed E-state index contributed by atoms with van der Waals surface area (Å²) in [7, 11) is 3.70. The Morgan fingerprint density at radius 1 is 1.31 bits per heavy atom. The highest BCUT2D eigenvalue weighted by Gasteiger charge is 2.09. The molecule has 72 valence electrons. The zero-order chi connectivity index (χ0) is 9.84. The number of hydrogen-bond donors (Lipinski definition) is 1. The summed E-state index contributed by atoms with van der Waals surface area (Å²) < 4.78 is 13.4. The minimum atomic E-state index is -0.935. The van der Waals surface area contributed by atoms with E-state index in [4.69, 9.17) is 5.73 Å². The highest BCUT2D eigenvalue weighted by molar-refractivity contribution is 5.39. The Kier molecular flexibility index (Phi) is 3.25. The third kappa shape index (κ3) is 3.03. The summed E-state index contributed by atoms with van der Waals surface area (Å²) in [4.78, 5) is 1.82. The molecule has 0 radical (unpaired) electrons. The van der Waals surface area contributed by atoms with Gasteiger partial charge in [0.25, 0.3) is 0 Å². The lowest BCUT2D eigenvalue weighted by Gasteiger charge is -2.14. The number of benzene rings is 1. The van der Waals surface area contributed by atoms with E-state index in [9.17, 15) is 4.39 Å². The van der Waals surface area contributed by atoms with Gasteiger partial charge in [-0.3, -0.25) is 0 Å². The fourth-order valence-corrected chi connectivity index (χ4v) is 1.13. The van der Waals surface area contributed by atoms with Gasteiger partial charge in [-0.05, 0) is 31.8 Å². The second kappa shape index (κ2) is 4.23. The summed E-state index contributed by atoms with van der Waals surface area (Å²) in [6.07, 6.45) is -0.935. The number of alkyl halides is 1. The molecule has 0 aromatic heterocycles. The number of rotatable bonds is 3. The van der Waals surface area contributed by atoms with Gasteiger partial charge >= 0.3 is 0 Å². The van der Waals surface area contributed by atoms with E-state index in [0.717, 1.165) is 0 Å². The Bertz CT molecular complexity index is 256. The van der Waals surface area contributed by atoms with Crippen molar-refractivity contribution in [2.75, 3.05) is 26.4 Å². The number of hydrogen-bond acceptors (Lipinski definition) is 2. The van der Waals surface area contributed by atoms with E-state index < -0.39 is 6.17 Å². The number of halogens is 1. The number of likely N-dealkylation sites (N-methyl/N-ethyl adjacent to an activating group) is 1. The van der Waals surface area contributed by atoms with Crippen LogP contribution in [0.2, 0.25) is 0 Å². The van der Waals surface area contributed by atoms with Crippen molar-refractivity contribution < 1.29 is 4.39 Å². The van der Waals surface area contributed by atoms with E-state index in [2.05, 4.69) is 0 Å². The second-order valence-corrected chi connectivity index (χ2v) is 3.40. The first kappa shape index (κ1) is 9.99. The topological polar surface area (TPSA) is 29.3 Å². The molecule has 1 unspecified atom stereocenters. The van der Waals surface area contributed by atoms with Gasteiger partial charge in [0.1, 0.15) is 6.17 Å². The summed E-state index contributed by atoms with van der Waals surface area (Å²) in [5.74, 6) is 0. The summed E-state index contributed by atoms with van der Waals surface area (Å²) in [5, 5.41) is 0. The monoisotopic (exact) mass is 182 g/mol. The predicted molar refractivity (Wildman–Crippen MR) is 53.3 cm³/mol. The first-order valence-electron chi connectivity index (χ1n) is 4.24. The second-order valence-electron chi connectivity index (χ2n) is 3.40. The van der Waals surface area contributed by atoms with Gasteiger partial charge in [0.2, 0.25) is 0 Å². The quantitative estimate of drug-likeness (QED) is 0.723. The summed E-state index contributed by atoms with van der Waals surface area (Å²) >= 11 is 0. The van der Waals surface area contributed by atoms with Crippen molar-refractivity contribution >= 4 is 5.69 Å². The minimum Gasteiger partial charge on any atom is -0.399 e. The van der Waals surface area contributed by atoms with Gasteiger partial charge in [0.15, 0.2) is 0 Å². The Labute approximate surface area is 78.2 Å². The zero-order valence-corrected chi connectivity index (χ0v) is 8.00. The largest absolute Gasteiger partial charge is 0.399 e. The van der Waals surface area contributed by atoms with E-state index >= 15 is 0 Å². The Hall–Kier alpha value is -1.09. The van der Waals surface area contributed by atoms with E-state index in [1.165, 1.54) is 0 Å². The highest BCUT2D eigenvalue weighted by atomic mass is 19.1.